The monoisotopic (exact) mass is 366 g/mol. The van der Waals surface area contributed by atoms with Crippen molar-refractivity contribution < 1.29 is 27.8 Å². The molecule has 2 aromatic carbocycles. The van der Waals surface area contributed by atoms with Crippen LogP contribution in [0.3, 0.4) is 0 Å². The van der Waals surface area contributed by atoms with Crippen molar-refractivity contribution in [2.45, 2.75) is 13.0 Å². The first-order valence-corrected chi connectivity index (χ1v) is 7.72. The van der Waals surface area contributed by atoms with Crippen molar-refractivity contribution in [1.82, 2.24) is 5.32 Å². The highest BCUT2D eigenvalue weighted by Crippen LogP contribution is 2.39. The van der Waals surface area contributed by atoms with E-state index in [1.165, 1.54) is 27.4 Å². The number of urea groups is 1. The van der Waals surface area contributed by atoms with E-state index in [2.05, 4.69) is 10.6 Å². The molecule has 2 rings (SSSR count). The number of carbonyl (C=O) groups excluding carboxylic acids is 1. The molecule has 0 saturated carbocycles. The van der Waals surface area contributed by atoms with Gasteiger partial charge >= 0.3 is 6.03 Å². The number of halogens is 2. The van der Waals surface area contributed by atoms with E-state index >= 15 is 0 Å². The molecular formula is C18H20F2N2O4. The number of anilines is 1. The van der Waals surface area contributed by atoms with Crippen LogP contribution < -0.4 is 24.8 Å². The topological polar surface area (TPSA) is 68.8 Å². The van der Waals surface area contributed by atoms with Gasteiger partial charge < -0.3 is 24.8 Å². The number of benzene rings is 2. The van der Waals surface area contributed by atoms with E-state index in [9.17, 15) is 13.6 Å². The molecule has 0 aromatic heterocycles. The number of amides is 2. The third kappa shape index (κ3) is 4.33. The van der Waals surface area contributed by atoms with Gasteiger partial charge in [0.1, 0.15) is 0 Å². The fourth-order valence-electron chi connectivity index (χ4n) is 2.38. The zero-order valence-corrected chi connectivity index (χ0v) is 14.9. The van der Waals surface area contributed by atoms with Crippen LogP contribution in [0.2, 0.25) is 0 Å². The van der Waals surface area contributed by atoms with Gasteiger partial charge in [-0.1, -0.05) is 6.07 Å². The largest absolute Gasteiger partial charge is 0.493 e. The molecule has 0 aliphatic heterocycles. The third-order valence-corrected chi connectivity index (χ3v) is 3.71. The number of methoxy groups -OCH3 is 3. The van der Waals surface area contributed by atoms with E-state index in [-0.39, 0.29) is 0 Å². The maximum atomic E-state index is 13.3. The Morgan fingerprint density at radius 3 is 2.08 bits per heavy atom. The standard InChI is InChI=1S/C18H20F2N2O4/c1-10(11-5-6-13(19)14(20)7-11)21-18(23)22-12-8-15(24-2)17(26-4)16(9-12)25-3/h5-10H,1-4H3,(H2,21,22,23)/t10-/m0/s1. The Morgan fingerprint density at radius 2 is 1.58 bits per heavy atom. The van der Waals surface area contributed by atoms with Crippen molar-refractivity contribution >= 4 is 11.7 Å². The fourth-order valence-corrected chi connectivity index (χ4v) is 2.38. The van der Waals surface area contributed by atoms with E-state index in [4.69, 9.17) is 14.2 Å². The van der Waals surface area contributed by atoms with Crippen LogP contribution in [0.4, 0.5) is 19.3 Å². The van der Waals surface area contributed by atoms with Crippen LogP contribution in [-0.4, -0.2) is 27.4 Å². The molecule has 0 unspecified atom stereocenters. The summed E-state index contributed by atoms with van der Waals surface area (Å²) in [7, 11) is 4.41. The summed E-state index contributed by atoms with van der Waals surface area (Å²) in [5, 5.41) is 5.28. The van der Waals surface area contributed by atoms with Crippen molar-refractivity contribution in [3.05, 3.63) is 47.5 Å². The molecule has 2 amide bonds. The predicted molar refractivity (Wildman–Crippen MR) is 93.0 cm³/mol. The van der Waals surface area contributed by atoms with E-state index in [1.807, 2.05) is 0 Å². The quantitative estimate of drug-likeness (QED) is 0.814. The minimum atomic E-state index is -0.971. The van der Waals surface area contributed by atoms with Crippen molar-refractivity contribution in [2.75, 3.05) is 26.6 Å². The van der Waals surface area contributed by atoms with Gasteiger partial charge in [0, 0.05) is 12.1 Å². The van der Waals surface area contributed by atoms with E-state index in [1.54, 1.807) is 19.1 Å². The normalized spacial score (nSPS) is 11.5. The number of hydrogen-bond donors (Lipinski definition) is 2. The molecule has 8 heteroatoms. The average molecular weight is 366 g/mol. The second-order valence-corrected chi connectivity index (χ2v) is 5.41. The Labute approximate surface area is 150 Å². The minimum absolute atomic E-state index is 0.385. The summed E-state index contributed by atoms with van der Waals surface area (Å²) in [6.45, 7) is 1.65. The summed E-state index contributed by atoms with van der Waals surface area (Å²) >= 11 is 0. The van der Waals surface area contributed by atoms with Gasteiger partial charge in [0.25, 0.3) is 0 Å². The maximum Gasteiger partial charge on any atom is 0.319 e. The molecular weight excluding hydrogens is 346 g/mol. The number of hydrogen-bond acceptors (Lipinski definition) is 4. The summed E-state index contributed by atoms with van der Waals surface area (Å²) in [6, 6.07) is 5.54. The van der Waals surface area contributed by atoms with Crippen LogP contribution in [0.25, 0.3) is 0 Å². The summed E-state index contributed by atoms with van der Waals surface area (Å²) in [6.07, 6.45) is 0. The van der Waals surface area contributed by atoms with Crippen LogP contribution in [0.1, 0.15) is 18.5 Å². The van der Waals surface area contributed by atoms with Crippen LogP contribution in [0.5, 0.6) is 17.2 Å². The first-order valence-electron chi connectivity index (χ1n) is 7.72. The summed E-state index contributed by atoms with van der Waals surface area (Å²) in [5.41, 5.74) is 0.846. The Kier molecular flexibility index (Phi) is 6.21. The summed E-state index contributed by atoms with van der Waals surface area (Å²) < 4.78 is 42.0. The van der Waals surface area contributed by atoms with Gasteiger partial charge in [0.2, 0.25) is 5.75 Å². The van der Waals surface area contributed by atoms with E-state index in [0.29, 0.717) is 28.5 Å². The Morgan fingerprint density at radius 1 is 0.962 bits per heavy atom. The second kappa shape index (κ2) is 8.37. The molecule has 0 bridgehead atoms. The van der Waals surface area contributed by atoms with Gasteiger partial charge in [-0.3, -0.25) is 0 Å². The highest BCUT2D eigenvalue weighted by Gasteiger charge is 2.16. The van der Waals surface area contributed by atoms with E-state index in [0.717, 1.165) is 12.1 Å². The smallest absolute Gasteiger partial charge is 0.319 e. The molecule has 1 atom stereocenters. The lowest BCUT2D eigenvalue weighted by Gasteiger charge is -2.17. The summed E-state index contributed by atoms with van der Waals surface area (Å²) in [4.78, 5) is 12.2. The Balaban J connectivity index is 2.12. The number of ether oxygens (including phenoxy) is 3. The van der Waals surface area contributed by atoms with Crippen LogP contribution in [0, 0.1) is 11.6 Å². The Hall–Kier alpha value is -3.03. The van der Waals surface area contributed by atoms with Crippen LogP contribution in [0.15, 0.2) is 30.3 Å². The molecule has 0 spiro atoms. The van der Waals surface area contributed by atoms with Crippen molar-refractivity contribution in [1.29, 1.82) is 0 Å². The lowest BCUT2D eigenvalue weighted by atomic mass is 10.1. The zero-order chi connectivity index (χ0) is 19.3. The lowest BCUT2D eigenvalue weighted by molar-refractivity contribution is 0.249. The molecule has 6 nitrogen and oxygen atoms in total. The predicted octanol–water partition coefficient (Wildman–Crippen LogP) is 3.87. The van der Waals surface area contributed by atoms with Gasteiger partial charge in [0.05, 0.1) is 33.1 Å². The molecule has 0 radical (unpaired) electrons. The average Bonchev–Trinajstić information content (AvgIpc) is 2.62. The molecule has 0 heterocycles. The van der Waals surface area contributed by atoms with Crippen LogP contribution >= 0.6 is 0 Å². The molecule has 0 aliphatic rings. The molecule has 0 aliphatic carbocycles. The SMILES string of the molecule is COc1cc(NC(=O)N[C@@H](C)c2ccc(F)c(F)c2)cc(OC)c1OC. The highest BCUT2D eigenvalue weighted by molar-refractivity contribution is 5.90. The van der Waals surface area contributed by atoms with Crippen molar-refractivity contribution in [3.8, 4) is 17.2 Å². The maximum absolute atomic E-state index is 13.3. The van der Waals surface area contributed by atoms with Gasteiger partial charge in [-0.05, 0) is 24.6 Å². The lowest BCUT2D eigenvalue weighted by Crippen LogP contribution is -2.31. The minimum Gasteiger partial charge on any atom is -0.493 e. The number of carbonyl (C=O) groups is 1. The molecule has 2 aromatic rings. The highest BCUT2D eigenvalue weighted by atomic mass is 19.2. The molecule has 2 N–H and O–H groups in total. The number of nitrogens with one attached hydrogen (secondary N) is 2. The van der Waals surface area contributed by atoms with E-state index < -0.39 is 23.7 Å². The first kappa shape index (κ1) is 19.3. The van der Waals surface area contributed by atoms with Crippen molar-refractivity contribution in [3.63, 3.8) is 0 Å². The third-order valence-electron chi connectivity index (χ3n) is 3.71. The second-order valence-electron chi connectivity index (χ2n) is 5.41. The molecule has 0 saturated heterocycles. The first-order chi connectivity index (χ1) is 12.4. The van der Waals surface area contributed by atoms with Crippen molar-refractivity contribution in [2.24, 2.45) is 0 Å². The van der Waals surface area contributed by atoms with Gasteiger partial charge in [-0.25, -0.2) is 13.6 Å². The molecule has 0 fully saturated rings. The van der Waals surface area contributed by atoms with Crippen LogP contribution in [-0.2, 0) is 0 Å². The Bertz CT molecular complexity index is 774. The number of rotatable bonds is 6. The summed E-state index contributed by atoms with van der Waals surface area (Å²) in [5.74, 6) is -0.744. The molecule has 26 heavy (non-hydrogen) atoms. The van der Waals surface area contributed by atoms with Gasteiger partial charge in [-0.2, -0.15) is 0 Å². The fraction of sp³-hybridized carbons (Fsp3) is 0.278. The van der Waals surface area contributed by atoms with Gasteiger partial charge in [0.15, 0.2) is 23.1 Å². The van der Waals surface area contributed by atoms with Gasteiger partial charge in [-0.15, -0.1) is 0 Å². The zero-order valence-electron chi connectivity index (χ0n) is 14.9. The molecule has 140 valence electrons.